The van der Waals surface area contributed by atoms with Gasteiger partial charge < -0.3 is 10.6 Å². The van der Waals surface area contributed by atoms with Gasteiger partial charge >= 0.3 is 0 Å². The SMILES string of the molecule is CCCCNC(=O)CN1CCN[C@H](C)C1. The number of carbonyl (C=O) groups excluding carboxylic acids is 1. The lowest BCUT2D eigenvalue weighted by atomic mass is 10.2. The molecule has 0 spiro atoms. The number of rotatable bonds is 5. The van der Waals surface area contributed by atoms with Gasteiger partial charge in [-0.05, 0) is 13.3 Å². The molecule has 0 saturated carbocycles. The zero-order valence-electron chi connectivity index (χ0n) is 9.88. The van der Waals surface area contributed by atoms with Crippen LogP contribution in [0.4, 0.5) is 0 Å². The minimum Gasteiger partial charge on any atom is -0.355 e. The lowest BCUT2D eigenvalue weighted by molar-refractivity contribution is -0.122. The number of piperazine rings is 1. The predicted octanol–water partition coefficient (Wildman–Crippen LogP) is 0.196. The molecule has 4 nitrogen and oxygen atoms in total. The van der Waals surface area contributed by atoms with Crippen LogP contribution in [0.1, 0.15) is 26.7 Å². The number of hydrogen-bond acceptors (Lipinski definition) is 3. The summed E-state index contributed by atoms with van der Waals surface area (Å²) < 4.78 is 0. The second kappa shape index (κ2) is 6.80. The molecule has 0 bridgehead atoms. The van der Waals surface area contributed by atoms with Gasteiger partial charge in [-0.2, -0.15) is 0 Å². The molecule has 1 atom stereocenters. The van der Waals surface area contributed by atoms with Crippen LogP contribution in [0.5, 0.6) is 0 Å². The first-order chi connectivity index (χ1) is 7.22. The van der Waals surface area contributed by atoms with Crippen molar-refractivity contribution in [2.75, 3.05) is 32.7 Å². The molecule has 1 aliphatic rings. The molecule has 0 aromatic rings. The molecular formula is C11H23N3O. The maximum Gasteiger partial charge on any atom is 0.234 e. The summed E-state index contributed by atoms with van der Waals surface area (Å²) in [5.74, 6) is 0.164. The van der Waals surface area contributed by atoms with Crippen LogP contribution in [-0.4, -0.2) is 49.6 Å². The topological polar surface area (TPSA) is 44.4 Å². The summed E-state index contributed by atoms with van der Waals surface area (Å²) in [6, 6.07) is 0.502. The average Bonchev–Trinajstić information content (AvgIpc) is 2.18. The third kappa shape index (κ3) is 5.14. The van der Waals surface area contributed by atoms with E-state index in [-0.39, 0.29) is 5.91 Å². The fraction of sp³-hybridized carbons (Fsp3) is 0.909. The number of hydrogen-bond donors (Lipinski definition) is 2. The Morgan fingerprint density at radius 2 is 2.40 bits per heavy atom. The summed E-state index contributed by atoms with van der Waals surface area (Å²) in [6.45, 7) is 8.59. The van der Waals surface area contributed by atoms with Crippen molar-refractivity contribution in [2.24, 2.45) is 0 Å². The lowest BCUT2D eigenvalue weighted by Crippen LogP contribution is -2.51. The van der Waals surface area contributed by atoms with Crippen LogP contribution in [-0.2, 0) is 4.79 Å². The molecule has 0 radical (unpaired) electrons. The number of carbonyl (C=O) groups is 1. The van der Waals surface area contributed by atoms with E-state index in [4.69, 9.17) is 0 Å². The molecule has 1 rings (SSSR count). The van der Waals surface area contributed by atoms with Crippen molar-refractivity contribution in [1.29, 1.82) is 0 Å². The van der Waals surface area contributed by atoms with E-state index in [1.807, 2.05) is 0 Å². The van der Waals surface area contributed by atoms with E-state index >= 15 is 0 Å². The molecule has 88 valence electrons. The van der Waals surface area contributed by atoms with E-state index in [0.717, 1.165) is 39.0 Å². The van der Waals surface area contributed by atoms with Crippen LogP contribution in [0, 0.1) is 0 Å². The van der Waals surface area contributed by atoms with Gasteiger partial charge in [0.05, 0.1) is 6.54 Å². The first-order valence-corrected chi connectivity index (χ1v) is 5.94. The summed E-state index contributed by atoms with van der Waals surface area (Å²) in [5, 5.41) is 6.31. The zero-order valence-corrected chi connectivity index (χ0v) is 9.88. The Bertz CT molecular complexity index is 196. The van der Waals surface area contributed by atoms with Crippen molar-refractivity contribution in [1.82, 2.24) is 15.5 Å². The van der Waals surface area contributed by atoms with Crippen LogP contribution in [0.2, 0.25) is 0 Å². The maximum absolute atomic E-state index is 11.5. The van der Waals surface area contributed by atoms with E-state index in [1.54, 1.807) is 0 Å². The number of amides is 1. The quantitative estimate of drug-likeness (QED) is 0.641. The summed E-state index contributed by atoms with van der Waals surface area (Å²) in [6.07, 6.45) is 2.20. The molecule has 0 aromatic carbocycles. The molecule has 1 heterocycles. The van der Waals surface area contributed by atoms with Crippen LogP contribution < -0.4 is 10.6 Å². The Labute approximate surface area is 92.4 Å². The molecule has 0 aliphatic carbocycles. The van der Waals surface area contributed by atoms with Gasteiger partial charge in [0.1, 0.15) is 0 Å². The second-order valence-electron chi connectivity index (χ2n) is 4.29. The van der Waals surface area contributed by atoms with Gasteiger partial charge in [-0.15, -0.1) is 0 Å². The van der Waals surface area contributed by atoms with E-state index in [9.17, 15) is 4.79 Å². The highest BCUT2D eigenvalue weighted by Crippen LogP contribution is 1.97. The van der Waals surface area contributed by atoms with Crippen molar-refractivity contribution >= 4 is 5.91 Å². The summed E-state index contributed by atoms with van der Waals surface area (Å²) in [4.78, 5) is 13.7. The van der Waals surface area contributed by atoms with E-state index < -0.39 is 0 Å². The minimum atomic E-state index is 0.164. The maximum atomic E-state index is 11.5. The Hall–Kier alpha value is -0.610. The normalized spacial score (nSPS) is 22.7. The van der Waals surface area contributed by atoms with Gasteiger partial charge in [0, 0.05) is 32.2 Å². The van der Waals surface area contributed by atoms with Gasteiger partial charge in [0.25, 0.3) is 0 Å². The molecule has 1 saturated heterocycles. The molecule has 4 heteroatoms. The van der Waals surface area contributed by atoms with E-state index in [0.29, 0.717) is 12.6 Å². The van der Waals surface area contributed by atoms with Crippen molar-refractivity contribution in [3.63, 3.8) is 0 Å². The van der Waals surface area contributed by atoms with Gasteiger partial charge in [-0.25, -0.2) is 0 Å². The van der Waals surface area contributed by atoms with Crippen molar-refractivity contribution < 1.29 is 4.79 Å². The third-order valence-electron chi connectivity index (χ3n) is 2.67. The summed E-state index contributed by atoms with van der Waals surface area (Å²) >= 11 is 0. The Morgan fingerprint density at radius 1 is 1.60 bits per heavy atom. The third-order valence-corrected chi connectivity index (χ3v) is 2.67. The van der Waals surface area contributed by atoms with E-state index in [1.165, 1.54) is 0 Å². The minimum absolute atomic E-state index is 0.164. The number of nitrogens with one attached hydrogen (secondary N) is 2. The highest BCUT2D eigenvalue weighted by molar-refractivity contribution is 5.77. The highest BCUT2D eigenvalue weighted by atomic mass is 16.2. The predicted molar refractivity (Wildman–Crippen MR) is 61.8 cm³/mol. The monoisotopic (exact) mass is 213 g/mol. The van der Waals surface area contributed by atoms with Crippen LogP contribution in [0.3, 0.4) is 0 Å². The second-order valence-corrected chi connectivity index (χ2v) is 4.29. The Morgan fingerprint density at radius 3 is 3.07 bits per heavy atom. The smallest absolute Gasteiger partial charge is 0.234 e. The molecule has 1 amide bonds. The lowest BCUT2D eigenvalue weighted by Gasteiger charge is -2.31. The largest absolute Gasteiger partial charge is 0.355 e. The first kappa shape index (κ1) is 12.5. The Kier molecular flexibility index (Phi) is 5.65. The van der Waals surface area contributed by atoms with Gasteiger partial charge in [0.2, 0.25) is 5.91 Å². The average molecular weight is 213 g/mol. The van der Waals surface area contributed by atoms with E-state index in [2.05, 4.69) is 29.4 Å². The first-order valence-electron chi connectivity index (χ1n) is 5.94. The van der Waals surface area contributed by atoms with Crippen molar-refractivity contribution in [2.45, 2.75) is 32.7 Å². The van der Waals surface area contributed by atoms with Gasteiger partial charge in [-0.1, -0.05) is 13.3 Å². The standard InChI is InChI=1S/C11H23N3O/c1-3-4-5-13-11(15)9-14-7-6-12-10(2)8-14/h10,12H,3-9H2,1-2H3,(H,13,15)/t10-/m1/s1. The van der Waals surface area contributed by atoms with Gasteiger partial charge in [-0.3, -0.25) is 9.69 Å². The fourth-order valence-electron chi connectivity index (χ4n) is 1.82. The summed E-state index contributed by atoms with van der Waals surface area (Å²) in [5.41, 5.74) is 0. The molecular weight excluding hydrogens is 190 g/mol. The Balaban J connectivity index is 2.13. The molecule has 2 N–H and O–H groups in total. The molecule has 1 aliphatic heterocycles. The number of unbranched alkanes of at least 4 members (excludes halogenated alkanes) is 1. The van der Waals surface area contributed by atoms with Crippen LogP contribution in [0.15, 0.2) is 0 Å². The highest BCUT2D eigenvalue weighted by Gasteiger charge is 2.17. The molecule has 0 aromatic heterocycles. The zero-order chi connectivity index (χ0) is 11.1. The fourth-order valence-corrected chi connectivity index (χ4v) is 1.82. The van der Waals surface area contributed by atoms with Crippen molar-refractivity contribution in [3.05, 3.63) is 0 Å². The molecule has 1 fully saturated rings. The van der Waals surface area contributed by atoms with Crippen molar-refractivity contribution in [3.8, 4) is 0 Å². The van der Waals surface area contributed by atoms with Crippen LogP contribution in [0.25, 0.3) is 0 Å². The van der Waals surface area contributed by atoms with Gasteiger partial charge in [0.15, 0.2) is 0 Å². The summed E-state index contributed by atoms with van der Waals surface area (Å²) in [7, 11) is 0. The number of nitrogens with zero attached hydrogens (tertiary/aromatic N) is 1. The van der Waals surface area contributed by atoms with Crippen LogP contribution >= 0.6 is 0 Å². The molecule has 0 unspecified atom stereocenters. The molecule has 15 heavy (non-hydrogen) atoms.